The van der Waals surface area contributed by atoms with Crippen LogP contribution in [-0.4, -0.2) is 12.1 Å². The summed E-state index contributed by atoms with van der Waals surface area (Å²) in [5.74, 6) is 1.23. The van der Waals surface area contributed by atoms with Gasteiger partial charge >= 0.3 is 0 Å². The quantitative estimate of drug-likeness (QED) is 0.874. The Balaban J connectivity index is 1.94. The standard InChI is InChI=1S/C17H24FNO/c1-3-19-15-11-17(8-4-5-12(2)10-17)20-16-9-13(18)6-7-14(15)16/h6-7,9,12,15,19H,3-5,8,10-11H2,1-2H3. The molecule has 2 nitrogen and oxygen atoms in total. The van der Waals surface area contributed by atoms with Crippen molar-refractivity contribution in [3.63, 3.8) is 0 Å². The summed E-state index contributed by atoms with van der Waals surface area (Å²) in [5, 5.41) is 3.54. The highest BCUT2D eigenvalue weighted by Gasteiger charge is 2.43. The average molecular weight is 277 g/mol. The maximum Gasteiger partial charge on any atom is 0.127 e. The summed E-state index contributed by atoms with van der Waals surface area (Å²) in [6.07, 6.45) is 5.68. The van der Waals surface area contributed by atoms with Crippen LogP contribution in [0.3, 0.4) is 0 Å². The third-order valence-corrected chi connectivity index (χ3v) is 4.75. The maximum atomic E-state index is 13.5. The molecule has 3 unspecified atom stereocenters. The fourth-order valence-electron chi connectivity index (χ4n) is 3.96. The summed E-state index contributed by atoms with van der Waals surface area (Å²) < 4.78 is 19.8. The van der Waals surface area contributed by atoms with Crippen molar-refractivity contribution in [2.45, 2.75) is 57.6 Å². The first kappa shape index (κ1) is 13.9. The van der Waals surface area contributed by atoms with Crippen molar-refractivity contribution < 1.29 is 9.13 Å². The van der Waals surface area contributed by atoms with Gasteiger partial charge in [0.05, 0.1) is 0 Å². The van der Waals surface area contributed by atoms with Crippen LogP contribution in [-0.2, 0) is 0 Å². The molecule has 20 heavy (non-hydrogen) atoms. The minimum atomic E-state index is -0.208. The summed E-state index contributed by atoms with van der Waals surface area (Å²) in [4.78, 5) is 0. The Morgan fingerprint density at radius 3 is 3.00 bits per heavy atom. The van der Waals surface area contributed by atoms with Crippen LogP contribution in [0.25, 0.3) is 0 Å². The second kappa shape index (κ2) is 5.36. The van der Waals surface area contributed by atoms with Gasteiger partial charge in [-0.1, -0.05) is 26.3 Å². The molecule has 1 aromatic rings. The fraction of sp³-hybridized carbons (Fsp3) is 0.647. The number of ether oxygens (including phenoxy) is 1. The summed E-state index contributed by atoms with van der Waals surface area (Å²) in [5.41, 5.74) is 1.02. The molecule has 1 aliphatic carbocycles. The van der Waals surface area contributed by atoms with Crippen molar-refractivity contribution in [3.8, 4) is 5.75 Å². The SMILES string of the molecule is CCNC1CC2(CCCC(C)C2)Oc2cc(F)ccc21. The molecule has 0 bridgehead atoms. The van der Waals surface area contributed by atoms with E-state index in [0.717, 1.165) is 37.1 Å². The van der Waals surface area contributed by atoms with Gasteiger partial charge in [0.2, 0.25) is 0 Å². The van der Waals surface area contributed by atoms with E-state index >= 15 is 0 Å². The molecule has 3 rings (SSSR count). The van der Waals surface area contributed by atoms with Crippen molar-refractivity contribution in [2.75, 3.05) is 6.54 Å². The predicted molar refractivity (Wildman–Crippen MR) is 78.4 cm³/mol. The predicted octanol–water partition coefficient (Wildman–Crippen LogP) is 4.21. The summed E-state index contributed by atoms with van der Waals surface area (Å²) in [6, 6.07) is 5.25. The van der Waals surface area contributed by atoms with Crippen molar-refractivity contribution >= 4 is 0 Å². The van der Waals surface area contributed by atoms with Crippen LogP contribution in [0, 0.1) is 11.7 Å². The molecule has 1 saturated carbocycles. The topological polar surface area (TPSA) is 21.3 Å². The molecule has 0 aromatic heterocycles. The van der Waals surface area contributed by atoms with E-state index in [2.05, 4.69) is 19.2 Å². The monoisotopic (exact) mass is 277 g/mol. The van der Waals surface area contributed by atoms with E-state index in [1.165, 1.54) is 18.9 Å². The van der Waals surface area contributed by atoms with Crippen LogP contribution in [0.4, 0.5) is 4.39 Å². The molecule has 1 heterocycles. The zero-order chi connectivity index (χ0) is 14.2. The first-order chi connectivity index (χ1) is 9.62. The smallest absolute Gasteiger partial charge is 0.127 e. The van der Waals surface area contributed by atoms with E-state index < -0.39 is 0 Å². The van der Waals surface area contributed by atoms with Crippen LogP contribution in [0.15, 0.2) is 18.2 Å². The summed E-state index contributed by atoms with van der Waals surface area (Å²) >= 11 is 0. The first-order valence-electron chi connectivity index (χ1n) is 7.84. The molecular weight excluding hydrogens is 253 g/mol. The van der Waals surface area contributed by atoms with Crippen molar-refractivity contribution in [2.24, 2.45) is 5.92 Å². The molecule has 1 N–H and O–H groups in total. The Bertz CT molecular complexity index is 490. The van der Waals surface area contributed by atoms with E-state index in [1.54, 1.807) is 6.07 Å². The Hall–Kier alpha value is -1.09. The fourth-order valence-corrected chi connectivity index (χ4v) is 3.96. The Morgan fingerprint density at radius 2 is 2.25 bits per heavy atom. The molecule has 0 radical (unpaired) electrons. The van der Waals surface area contributed by atoms with Gasteiger partial charge in [-0.25, -0.2) is 4.39 Å². The van der Waals surface area contributed by atoms with E-state index in [-0.39, 0.29) is 17.5 Å². The Morgan fingerprint density at radius 1 is 1.40 bits per heavy atom. The number of halogens is 1. The molecule has 2 aliphatic rings. The van der Waals surface area contributed by atoms with Crippen LogP contribution >= 0.6 is 0 Å². The van der Waals surface area contributed by atoms with Crippen LogP contribution in [0.2, 0.25) is 0 Å². The van der Waals surface area contributed by atoms with Gasteiger partial charge in [-0.3, -0.25) is 0 Å². The lowest BCUT2D eigenvalue weighted by Gasteiger charge is -2.46. The summed E-state index contributed by atoms with van der Waals surface area (Å²) in [7, 11) is 0. The largest absolute Gasteiger partial charge is 0.487 e. The van der Waals surface area contributed by atoms with Gasteiger partial charge < -0.3 is 10.1 Å². The van der Waals surface area contributed by atoms with Crippen molar-refractivity contribution in [1.29, 1.82) is 0 Å². The van der Waals surface area contributed by atoms with Gasteiger partial charge in [-0.2, -0.15) is 0 Å². The third kappa shape index (κ3) is 2.56. The number of fused-ring (bicyclic) bond motifs is 1. The molecular formula is C17H24FNO. The molecule has 0 saturated heterocycles. The number of rotatable bonds is 2. The highest BCUT2D eigenvalue weighted by atomic mass is 19.1. The van der Waals surface area contributed by atoms with Gasteiger partial charge in [-0.15, -0.1) is 0 Å². The number of nitrogens with one attached hydrogen (secondary N) is 1. The normalized spacial score (nSPS) is 32.8. The minimum Gasteiger partial charge on any atom is -0.487 e. The van der Waals surface area contributed by atoms with E-state index in [1.807, 2.05) is 6.07 Å². The molecule has 1 spiro atoms. The van der Waals surface area contributed by atoms with Gasteiger partial charge in [0, 0.05) is 24.1 Å². The van der Waals surface area contributed by atoms with Crippen LogP contribution in [0.1, 0.15) is 57.6 Å². The van der Waals surface area contributed by atoms with Gasteiger partial charge in [0.1, 0.15) is 17.2 Å². The minimum absolute atomic E-state index is 0.0920. The second-order valence-corrected chi connectivity index (χ2v) is 6.48. The lowest BCUT2D eigenvalue weighted by atomic mass is 9.73. The lowest BCUT2D eigenvalue weighted by molar-refractivity contribution is -0.0181. The molecule has 1 aliphatic heterocycles. The zero-order valence-corrected chi connectivity index (χ0v) is 12.4. The van der Waals surface area contributed by atoms with Gasteiger partial charge in [0.15, 0.2) is 0 Å². The zero-order valence-electron chi connectivity index (χ0n) is 12.4. The highest BCUT2D eigenvalue weighted by Crippen LogP contribution is 2.47. The highest BCUT2D eigenvalue weighted by molar-refractivity contribution is 5.39. The summed E-state index contributed by atoms with van der Waals surface area (Å²) in [6.45, 7) is 5.34. The Kier molecular flexibility index (Phi) is 3.72. The maximum absolute atomic E-state index is 13.5. The van der Waals surface area contributed by atoms with Crippen LogP contribution in [0.5, 0.6) is 5.75 Å². The first-order valence-corrected chi connectivity index (χ1v) is 7.84. The van der Waals surface area contributed by atoms with Crippen molar-refractivity contribution in [3.05, 3.63) is 29.6 Å². The molecule has 110 valence electrons. The van der Waals surface area contributed by atoms with Gasteiger partial charge in [0.25, 0.3) is 0 Å². The number of hydrogen-bond donors (Lipinski definition) is 1. The van der Waals surface area contributed by atoms with Gasteiger partial charge in [-0.05, 0) is 37.8 Å². The molecule has 3 atom stereocenters. The molecule has 1 aromatic carbocycles. The lowest BCUT2D eigenvalue weighted by Crippen LogP contribution is -2.47. The molecule has 0 amide bonds. The second-order valence-electron chi connectivity index (χ2n) is 6.48. The van der Waals surface area contributed by atoms with E-state index in [0.29, 0.717) is 5.92 Å². The third-order valence-electron chi connectivity index (χ3n) is 4.75. The van der Waals surface area contributed by atoms with Crippen LogP contribution < -0.4 is 10.1 Å². The van der Waals surface area contributed by atoms with E-state index in [9.17, 15) is 4.39 Å². The van der Waals surface area contributed by atoms with Crippen molar-refractivity contribution in [1.82, 2.24) is 5.32 Å². The molecule has 3 heteroatoms. The van der Waals surface area contributed by atoms with E-state index in [4.69, 9.17) is 4.74 Å². The number of benzene rings is 1. The average Bonchev–Trinajstić information content (AvgIpc) is 2.38. The molecule has 1 fully saturated rings. The number of hydrogen-bond acceptors (Lipinski definition) is 2. The Labute approximate surface area is 120 Å².